The molecule has 8 heteroatoms. The molecule has 0 bridgehead atoms. The number of ketones is 1. The Morgan fingerprint density at radius 3 is 2.11 bits per heavy atom. The van der Waals surface area contributed by atoms with Gasteiger partial charge in [0.1, 0.15) is 11.7 Å². The molecule has 1 rings (SSSR count). The molecule has 0 saturated heterocycles. The molecule has 0 aliphatic heterocycles. The van der Waals surface area contributed by atoms with Gasteiger partial charge in [-0.1, -0.05) is 30.3 Å². The zero-order chi connectivity index (χ0) is 14.0. The van der Waals surface area contributed by atoms with Crippen LogP contribution in [0.15, 0.2) is 30.3 Å². The van der Waals surface area contributed by atoms with E-state index in [2.05, 4.69) is 0 Å². The number of rotatable bonds is 4. The molecular weight excluding hydrogens is 273 g/mol. The van der Waals surface area contributed by atoms with Crippen molar-refractivity contribution in [3.05, 3.63) is 35.9 Å². The van der Waals surface area contributed by atoms with Gasteiger partial charge in [-0.2, -0.15) is 21.6 Å². The van der Waals surface area contributed by atoms with Gasteiger partial charge in [-0.05, 0) is 5.56 Å². The molecule has 1 unspecified atom stereocenters. The minimum atomic E-state index is -4.91. The van der Waals surface area contributed by atoms with Crippen LogP contribution in [0.3, 0.4) is 0 Å². The minimum absolute atomic E-state index is 0.362. The van der Waals surface area contributed by atoms with Gasteiger partial charge in [-0.3, -0.25) is 9.35 Å². The highest BCUT2D eigenvalue weighted by Crippen LogP contribution is 2.35. The normalized spacial score (nSPS) is 14.2. The van der Waals surface area contributed by atoms with Gasteiger partial charge in [0, 0.05) is 0 Å². The van der Waals surface area contributed by atoms with E-state index in [1.807, 2.05) is 0 Å². The zero-order valence-electron chi connectivity index (χ0n) is 8.89. The minimum Gasteiger partial charge on any atom is -0.297 e. The highest BCUT2D eigenvalue weighted by Gasteiger charge is 2.46. The molecule has 0 fully saturated rings. The van der Waals surface area contributed by atoms with Crippen LogP contribution in [0.5, 0.6) is 0 Å². The maximum atomic E-state index is 12.7. The number of carbonyl (C=O) groups excluding carboxylic acids is 1. The van der Waals surface area contributed by atoms with Gasteiger partial charge < -0.3 is 0 Å². The molecule has 100 valence electrons. The van der Waals surface area contributed by atoms with E-state index in [-0.39, 0.29) is 5.56 Å². The quantitative estimate of drug-likeness (QED) is 0.855. The first-order chi connectivity index (χ1) is 8.11. The molecule has 4 nitrogen and oxygen atoms in total. The molecule has 0 saturated carbocycles. The van der Waals surface area contributed by atoms with Gasteiger partial charge in [-0.15, -0.1) is 0 Å². The first kappa shape index (κ1) is 14.7. The lowest BCUT2D eigenvalue weighted by Crippen LogP contribution is -2.32. The van der Waals surface area contributed by atoms with Crippen molar-refractivity contribution in [3.63, 3.8) is 0 Å². The molecule has 0 spiro atoms. The average Bonchev–Trinajstić information content (AvgIpc) is 2.13. The van der Waals surface area contributed by atoms with Crippen LogP contribution in [-0.4, -0.2) is 30.7 Å². The SMILES string of the molecule is O=C(CS(=O)(=O)O)C(c1ccccc1)C(F)(F)F. The summed E-state index contributed by atoms with van der Waals surface area (Å²) in [5.74, 6) is -5.73. The van der Waals surface area contributed by atoms with Gasteiger partial charge in [0.25, 0.3) is 10.1 Å². The standard InChI is InChI=1S/C10H9F3O4S/c11-10(12,13)9(7-4-2-1-3-5-7)8(14)6-18(15,16)17/h1-5,9H,6H2,(H,15,16,17). The van der Waals surface area contributed by atoms with Crippen molar-refractivity contribution >= 4 is 15.9 Å². The molecule has 1 N–H and O–H groups in total. The Kier molecular flexibility index (Phi) is 4.12. The van der Waals surface area contributed by atoms with Crippen molar-refractivity contribution in [1.82, 2.24) is 0 Å². The summed E-state index contributed by atoms with van der Waals surface area (Å²) in [5.41, 5.74) is -0.362. The molecule has 0 aliphatic carbocycles. The monoisotopic (exact) mass is 282 g/mol. The van der Waals surface area contributed by atoms with E-state index in [0.717, 1.165) is 12.1 Å². The van der Waals surface area contributed by atoms with E-state index in [1.54, 1.807) is 0 Å². The lowest BCUT2D eigenvalue weighted by Gasteiger charge is -2.18. The first-order valence-corrected chi connectivity index (χ1v) is 6.32. The third-order valence-corrected chi connectivity index (χ3v) is 2.76. The first-order valence-electron chi connectivity index (χ1n) is 4.71. The Labute approximate surface area is 101 Å². The summed E-state index contributed by atoms with van der Waals surface area (Å²) in [6.45, 7) is 0. The smallest absolute Gasteiger partial charge is 0.297 e. The summed E-state index contributed by atoms with van der Waals surface area (Å²) in [7, 11) is -4.79. The highest BCUT2D eigenvalue weighted by atomic mass is 32.2. The fourth-order valence-electron chi connectivity index (χ4n) is 1.47. The van der Waals surface area contributed by atoms with Crippen LogP contribution in [0.2, 0.25) is 0 Å². The van der Waals surface area contributed by atoms with Crippen molar-refractivity contribution in [1.29, 1.82) is 0 Å². The fraction of sp³-hybridized carbons (Fsp3) is 0.300. The zero-order valence-corrected chi connectivity index (χ0v) is 9.70. The number of halogens is 3. The maximum absolute atomic E-state index is 12.7. The van der Waals surface area contributed by atoms with Gasteiger partial charge in [0.05, 0.1) is 0 Å². The van der Waals surface area contributed by atoms with Crippen molar-refractivity contribution in [2.24, 2.45) is 0 Å². The van der Waals surface area contributed by atoms with Crippen LogP contribution in [-0.2, 0) is 14.9 Å². The summed E-state index contributed by atoms with van der Waals surface area (Å²) in [4.78, 5) is 11.3. The van der Waals surface area contributed by atoms with Crippen LogP contribution in [0.1, 0.15) is 11.5 Å². The summed E-state index contributed by atoms with van der Waals surface area (Å²) < 4.78 is 67.6. The second-order valence-electron chi connectivity index (χ2n) is 3.58. The van der Waals surface area contributed by atoms with E-state index >= 15 is 0 Å². The van der Waals surface area contributed by atoms with E-state index in [4.69, 9.17) is 4.55 Å². The lowest BCUT2D eigenvalue weighted by atomic mass is 9.95. The van der Waals surface area contributed by atoms with E-state index < -0.39 is 33.7 Å². The second-order valence-corrected chi connectivity index (χ2v) is 5.03. The number of benzene rings is 1. The van der Waals surface area contributed by atoms with E-state index in [1.165, 1.54) is 18.2 Å². The summed E-state index contributed by atoms with van der Waals surface area (Å²) in [6.07, 6.45) is -4.91. The van der Waals surface area contributed by atoms with Crippen LogP contribution in [0, 0.1) is 0 Å². The van der Waals surface area contributed by atoms with Crippen LogP contribution >= 0.6 is 0 Å². The van der Waals surface area contributed by atoms with Crippen molar-refractivity contribution in [2.75, 3.05) is 5.75 Å². The summed E-state index contributed by atoms with van der Waals surface area (Å²) >= 11 is 0. The molecule has 1 aromatic carbocycles. The second kappa shape index (κ2) is 5.07. The molecule has 0 aliphatic rings. The van der Waals surface area contributed by atoms with Crippen molar-refractivity contribution in [2.45, 2.75) is 12.1 Å². The molecule has 0 radical (unpaired) electrons. The predicted molar refractivity (Wildman–Crippen MR) is 56.7 cm³/mol. The Morgan fingerprint density at radius 1 is 1.22 bits per heavy atom. The number of Topliss-reactive ketones (excluding diaryl/α,β-unsaturated/α-hetero) is 1. The largest absolute Gasteiger partial charge is 0.402 e. The van der Waals surface area contributed by atoms with Gasteiger partial charge in [-0.25, -0.2) is 0 Å². The molecular formula is C10H9F3O4S. The molecule has 1 aromatic rings. The fourth-order valence-corrected chi connectivity index (χ4v) is 1.99. The molecule has 1 atom stereocenters. The van der Waals surface area contributed by atoms with Crippen LogP contribution in [0.4, 0.5) is 13.2 Å². The molecule has 0 aromatic heterocycles. The predicted octanol–water partition coefficient (Wildman–Crippen LogP) is 1.79. The van der Waals surface area contributed by atoms with E-state index in [9.17, 15) is 26.4 Å². The maximum Gasteiger partial charge on any atom is 0.402 e. The van der Waals surface area contributed by atoms with Crippen LogP contribution < -0.4 is 0 Å². The van der Waals surface area contributed by atoms with Crippen molar-refractivity contribution < 1.29 is 30.9 Å². The van der Waals surface area contributed by atoms with Gasteiger partial charge >= 0.3 is 6.18 Å². The van der Waals surface area contributed by atoms with Gasteiger partial charge in [0.2, 0.25) is 0 Å². The lowest BCUT2D eigenvalue weighted by molar-refractivity contribution is -0.161. The number of carbonyl (C=O) groups is 1. The third-order valence-electron chi connectivity index (χ3n) is 2.11. The number of alkyl halides is 3. The average molecular weight is 282 g/mol. The summed E-state index contributed by atoms with van der Waals surface area (Å²) in [5, 5.41) is 0. The molecule has 0 heterocycles. The van der Waals surface area contributed by atoms with E-state index in [0.29, 0.717) is 0 Å². The third kappa shape index (κ3) is 4.11. The topological polar surface area (TPSA) is 71.4 Å². The van der Waals surface area contributed by atoms with Gasteiger partial charge in [0.15, 0.2) is 5.78 Å². The Bertz CT molecular complexity index is 522. The Morgan fingerprint density at radius 2 is 1.72 bits per heavy atom. The summed E-state index contributed by atoms with van der Waals surface area (Å²) in [6, 6.07) is 6.20. The van der Waals surface area contributed by atoms with Crippen LogP contribution in [0.25, 0.3) is 0 Å². The molecule has 18 heavy (non-hydrogen) atoms. The highest BCUT2D eigenvalue weighted by molar-refractivity contribution is 7.86. The Balaban J connectivity index is 3.13. The van der Waals surface area contributed by atoms with Crippen molar-refractivity contribution in [3.8, 4) is 0 Å². The Hall–Kier alpha value is -1.41. The number of hydrogen-bond acceptors (Lipinski definition) is 3. The number of hydrogen-bond donors (Lipinski definition) is 1. The molecule has 0 amide bonds.